The first-order chi connectivity index (χ1) is 29.5. The lowest BCUT2D eigenvalue weighted by molar-refractivity contribution is 0.662. The standard InChI is InChI=1S/C54H33N3O3/c1-54(2)41-19-6-3-12-33(41)36-16-9-15-32(50(36)54)30-25-27-44-40(28-30)49-39(18-11-23-46(49)59-44)53-56-51(31-24-26-35-34-13-4-7-20-42(34)60-47(35)29-31)55-52(57-53)38-17-10-22-45-48(38)37-14-5-8-21-43(37)58-45/h3-29H,1-2H3. The fourth-order valence-electron chi connectivity index (χ4n) is 9.84. The molecule has 4 aromatic heterocycles. The van der Waals surface area contributed by atoms with Gasteiger partial charge in [-0.25, -0.2) is 15.0 Å². The number of fused-ring (bicyclic) bond motifs is 12. The van der Waals surface area contributed by atoms with Gasteiger partial charge in [0, 0.05) is 54.4 Å². The summed E-state index contributed by atoms with van der Waals surface area (Å²) in [6, 6.07) is 56.6. The van der Waals surface area contributed by atoms with Gasteiger partial charge in [-0.05, 0) is 81.9 Å². The third-order valence-electron chi connectivity index (χ3n) is 12.5. The molecule has 8 aromatic carbocycles. The van der Waals surface area contributed by atoms with E-state index in [1.54, 1.807) is 0 Å². The normalized spacial score (nSPS) is 13.3. The molecule has 0 aliphatic heterocycles. The summed E-state index contributed by atoms with van der Waals surface area (Å²) >= 11 is 0. The van der Waals surface area contributed by atoms with Crippen molar-refractivity contribution < 1.29 is 13.3 Å². The smallest absolute Gasteiger partial charge is 0.164 e. The minimum Gasteiger partial charge on any atom is -0.456 e. The highest BCUT2D eigenvalue weighted by Crippen LogP contribution is 2.52. The SMILES string of the molecule is CC1(C)c2ccccc2-c2cccc(-c3ccc4oc5cccc(-c6nc(-c7ccc8c(c7)oc7ccccc78)nc(-c7cccc8oc9ccccc9c78)n6)c5c4c3)c21. The van der Waals surface area contributed by atoms with Crippen molar-refractivity contribution in [2.45, 2.75) is 19.3 Å². The van der Waals surface area contributed by atoms with Gasteiger partial charge in [-0.3, -0.25) is 0 Å². The maximum atomic E-state index is 6.60. The second kappa shape index (κ2) is 12.1. The van der Waals surface area contributed by atoms with E-state index >= 15 is 0 Å². The Balaban J connectivity index is 1.05. The second-order valence-electron chi connectivity index (χ2n) is 16.3. The zero-order valence-electron chi connectivity index (χ0n) is 32.7. The molecule has 0 N–H and O–H groups in total. The van der Waals surface area contributed by atoms with Crippen LogP contribution in [-0.4, -0.2) is 15.0 Å². The average Bonchev–Trinajstić information content (AvgIpc) is 4.04. The molecule has 60 heavy (non-hydrogen) atoms. The highest BCUT2D eigenvalue weighted by molar-refractivity contribution is 6.14. The summed E-state index contributed by atoms with van der Waals surface area (Å²) in [6.07, 6.45) is 0. The number of nitrogens with zero attached hydrogens (tertiary/aromatic N) is 3. The minimum absolute atomic E-state index is 0.159. The molecule has 0 spiro atoms. The predicted octanol–water partition coefficient (Wildman–Crippen LogP) is 14.5. The van der Waals surface area contributed by atoms with Gasteiger partial charge in [0.25, 0.3) is 0 Å². The molecule has 0 radical (unpaired) electrons. The monoisotopic (exact) mass is 771 g/mol. The summed E-state index contributed by atoms with van der Waals surface area (Å²) in [5.74, 6) is 1.62. The van der Waals surface area contributed by atoms with Crippen molar-refractivity contribution in [3.8, 4) is 56.4 Å². The van der Waals surface area contributed by atoms with Gasteiger partial charge in [-0.2, -0.15) is 0 Å². The number of rotatable bonds is 4. The van der Waals surface area contributed by atoms with Crippen LogP contribution in [0.15, 0.2) is 177 Å². The van der Waals surface area contributed by atoms with E-state index in [1.165, 1.54) is 27.8 Å². The number of aromatic nitrogens is 3. The first-order valence-electron chi connectivity index (χ1n) is 20.3. The van der Waals surface area contributed by atoms with E-state index in [0.29, 0.717) is 17.5 Å². The van der Waals surface area contributed by atoms with Crippen LogP contribution in [0.5, 0.6) is 0 Å². The summed E-state index contributed by atoms with van der Waals surface area (Å²) in [7, 11) is 0. The molecule has 0 bridgehead atoms. The van der Waals surface area contributed by atoms with E-state index < -0.39 is 0 Å². The van der Waals surface area contributed by atoms with Crippen molar-refractivity contribution in [1.82, 2.24) is 15.0 Å². The van der Waals surface area contributed by atoms with Crippen molar-refractivity contribution in [3.63, 3.8) is 0 Å². The Labute approximate surface area is 343 Å². The fraction of sp³-hybridized carbons (Fsp3) is 0.0556. The Hall–Kier alpha value is -7.83. The lowest BCUT2D eigenvalue weighted by Gasteiger charge is -2.24. The topological polar surface area (TPSA) is 78.1 Å². The van der Waals surface area contributed by atoms with Crippen molar-refractivity contribution in [2.75, 3.05) is 0 Å². The Morgan fingerprint density at radius 2 is 0.867 bits per heavy atom. The quantitative estimate of drug-likeness (QED) is 0.177. The molecule has 0 atom stereocenters. The maximum absolute atomic E-state index is 6.60. The highest BCUT2D eigenvalue weighted by atomic mass is 16.3. The molecule has 0 saturated carbocycles. The number of hydrogen-bond acceptors (Lipinski definition) is 6. The van der Waals surface area contributed by atoms with E-state index in [1.807, 2.05) is 66.7 Å². The van der Waals surface area contributed by atoms with Crippen LogP contribution >= 0.6 is 0 Å². The Morgan fingerprint density at radius 1 is 0.350 bits per heavy atom. The lowest BCUT2D eigenvalue weighted by Crippen LogP contribution is -2.16. The number of hydrogen-bond donors (Lipinski definition) is 0. The molecule has 0 saturated heterocycles. The molecule has 12 aromatic rings. The van der Waals surface area contributed by atoms with Gasteiger partial charge >= 0.3 is 0 Å². The molecular formula is C54H33N3O3. The van der Waals surface area contributed by atoms with E-state index in [0.717, 1.165) is 88.1 Å². The van der Waals surface area contributed by atoms with Crippen LogP contribution in [0.25, 0.3) is 122 Å². The van der Waals surface area contributed by atoms with Crippen molar-refractivity contribution in [2.24, 2.45) is 0 Å². The van der Waals surface area contributed by atoms with Crippen LogP contribution in [0.3, 0.4) is 0 Å². The van der Waals surface area contributed by atoms with Crippen molar-refractivity contribution in [1.29, 1.82) is 0 Å². The van der Waals surface area contributed by atoms with Crippen LogP contribution in [-0.2, 0) is 5.41 Å². The third-order valence-corrected chi connectivity index (χ3v) is 12.5. The molecule has 13 rings (SSSR count). The first kappa shape index (κ1) is 33.2. The molecule has 4 heterocycles. The van der Waals surface area contributed by atoms with Gasteiger partial charge in [0.2, 0.25) is 0 Å². The molecule has 0 fully saturated rings. The third kappa shape index (κ3) is 4.67. The molecule has 1 aliphatic carbocycles. The van der Waals surface area contributed by atoms with Gasteiger partial charge in [-0.15, -0.1) is 0 Å². The minimum atomic E-state index is -0.159. The summed E-state index contributed by atoms with van der Waals surface area (Å²) in [4.78, 5) is 15.8. The van der Waals surface area contributed by atoms with Gasteiger partial charge in [0.15, 0.2) is 17.5 Å². The second-order valence-corrected chi connectivity index (χ2v) is 16.3. The molecule has 6 nitrogen and oxygen atoms in total. The van der Waals surface area contributed by atoms with Gasteiger partial charge < -0.3 is 13.3 Å². The predicted molar refractivity (Wildman–Crippen MR) is 241 cm³/mol. The molecule has 282 valence electrons. The van der Waals surface area contributed by atoms with Gasteiger partial charge in [0.05, 0.1) is 0 Å². The molecular weight excluding hydrogens is 739 g/mol. The zero-order valence-corrected chi connectivity index (χ0v) is 32.7. The van der Waals surface area contributed by atoms with Crippen LogP contribution in [0.1, 0.15) is 25.0 Å². The number of para-hydroxylation sites is 2. The van der Waals surface area contributed by atoms with Crippen LogP contribution < -0.4 is 0 Å². The average molecular weight is 772 g/mol. The molecule has 6 heteroatoms. The first-order valence-corrected chi connectivity index (χ1v) is 20.3. The Morgan fingerprint density at radius 3 is 1.65 bits per heavy atom. The number of furan rings is 3. The Bertz CT molecular complexity index is 3770. The zero-order chi connectivity index (χ0) is 39.7. The van der Waals surface area contributed by atoms with Gasteiger partial charge in [0.1, 0.15) is 33.5 Å². The fourth-order valence-corrected chi connectivity index (χ4v) is 9.84. The van der Waals surface area contributed by atoms with Crippen LogP contribution in [0.4, 0.5) is 0 Å². The van der Waals surface area contributed by atoms with E-state index in [9.17, 15) is 0 Å². The van der Waals surface area contributed by atoms with Crippen molar-refractivity contribution in [3.05, 3.63) is 175 Å². The summed E-state index contributed by atoms with van der Waals surface area (Å²) in [5.41, 5.74) is 14.8. The highest BCUT2D eigenvalue weighted by Gasteiger charge is 2.37. The van der Waals surface area contributed by atoms with Crippen LogP contribution in [0, 0.1) is 0 Å². The van der Waals surface area contributed by atoms with Crippen molar-refractivity contribution >= 4 is 65.8 Å². The maximum Gasteiger partial charge on any atom is 0.164 e. The molecule has 1 aliphatic rings. The Kier molecular flexibility index (Phi) is 6.69. The summed E-state index contributed by atoms with van der Waals surface area (Å²) in [5, 5.41) is 6.03. The molecule has 0 unspecified atom stereocenters. The summed E-state index contributed by atoms with van der Waals surface area (Å²) < 4.78 is 19.3. The lowest BCUT2D eigenvalue weighted by atomic mass is 9.79. The van der Waals surface area contributed by atoms with Gasteiger partial charge in [-0.1, -0.05) is 129 Å². The largest absolute Gasteiger partial charge is 0.456 e. The van der Waals surface area contributed by atoms with E-state index in [-0.39, 0.29) is 5.41 Å². The van der Waals surface area contributed by atoms with E-state index in [2.05, 4.69) is 111 Å². The van der Waals surface area contributed by atoms with Crippen LogP contribution in [0.2, 0.25) is 0 Å². The molecule has 0 amide bonds. The summed E-state index contributed by atoms with van der Waals surface area (Å²) in [6.45, 7) is 4.67. The van der Waals surface area contributed by atoms with E-state index in [4.69, 9.17) is 28.2 Å². The number of benzene rings is 8.